The first kappa shape index (κ1) is 15.3. The Kier molecular flexibility index (Phi) is 6.54. The average Bonchev–Trinajstić information content (AvgIpc) is 2.96. The van der Waals surface area contributed by atoms with Gasteiger partial charge in [0.25, 0.3) is 0 Å². The molecule has 0 unspecified atom stereocenters. The quantitative estimate of drug-likeness (QED) is 0.655. The molecule has 0 bridgehead atoms. The molecule has 0 radical (unpaired) electrons. The fourth-order valence-corrected chi connectivity index (χ4v) is 1.74. The summed E-state index contributed by atoms with van der Waals surface area (Å²) in [4.78, 5) is 0. The van der Waals surface area contributed by atoms with Gasteiger partial charge in [0.15, 0.2) is 0 Å². The maximum absolute atomic E-state index is 5.60. The summed E-state index contributed by atoms with van der Waals surface area (Å²) < 4.78 is 11.1. The summed E-state index contributed by atoms with van der Waals surface area (Å²) in [7, 11) is 0. The molecule has 21 heavy (non-hydrogen) atoms. The molecule has 2 N–H and O–H groups in total. The molecular formula is C15H22N4O2. The van der Waals surface area contributed by atoms with E-state index in [0.29, 0.717) is 25.1 Å². The van der Waals surface area contributed by atoms with Crippen LogP contribution in [-0.4, -0.2) is 29.9 Å². The fraction of sp³-hybridized carbons (Fsp3) is 0.467. The van der Waals surface area contributed by atoms with Crippen LogP contribution in [0.15, 0.2) is 34.7 Å². The maximum atomic E-state index is 5.60. The largest absolute Gasteiger partial charge is 0.494 e. The molecule has 114 valence electrons. The molecule has 1 aromatic carbocycles. The zero-order valence-corrected chi connectivity index (χ0v) is 12.3. The molecule has 2 aromatic rings. The number of nitrogens with zero attached hydrogens (tertiary/aromatic N) is 2. The topological polar surface area (TPSA) is 72.2 Å². The van der Waals surface area contributed by atoms with Crippen LogP contribution in [0.3, 0.4) is 0 Å². The van der Waals surface area contributed by atoms with E-state index in [0.717, 1.165) is 31.7 Å². The lowest BCUT2D eigenvalue weighted by Gasteiger charge is -2.05. The third-order valence-electron chi connectivity index (χ3n) is 2.78. The van der Waals surface area contributed by atoms with Gasteiger partial charge < -0.3 is 19.8 Å². The van der Waals surface area contributed by atoms with Crippen LogP contribution in [-0.2, 0) is 6.54 Å². The van der Waals surface area contributed by atoms with Crippen molar-refractivity contribution in [2.45, 2.75) is 26.3 Å². The van der Waals surface area contributed by atoms with Gasteiger partial charge in [-0.25, -0.2) is 0 Å². The monoisotopic (exact) mass is 290 g/mol. The van der Waals surface area contributed by atoms with Crippen LogP contribution in [0.25, 0.3) is 0 Å². The van der Waals surface area contributed by atoms with Crippen molar-refractivity contribution in [2.24, 2.45) is 0 Å². The van der Waals surface area contributed by atoms with Gasteiger partial charge in [0.05, 0.1) is 13.2 Å². The number of ether oxygens (including phenoxy) is 1. The van der Waals surface area contributed by atoms with Crippen LogP contribution in [0, 0.1) is 0 Å². The van der Waals surface area contributed by atoms with Crippen LogP contribution >= 0.6 is 0 Å². The van der Waals surface area contributed by atoms with Crippen LogP contribution in [0.5, 0.6) is 5.75 Å². The highest BCUT2D eigenvalue weighted by Crippen LogP contribution is 2.09. The number of benzene rings is 1. The molecule has 6 heteroatoms. The molecule has 1 heterocycles. The first-order valence-corrected chi connectivity index (χ1v) is 7.33. The van der Waals surface area contributed by atoms with Crippen LogP contribution < -0.4 is 15.4 Å². The van der Waals surface area contributed by atoms with Crippen LogP contribution in [0.1, 0.15) is 25.7 Å². The van der Waals surface area contributed by atoms with Gasteiger partial charge in [-0.1, -0.05) is 30.2 Å². The van der Waals surface area contributed by atoms with Gasteiger partial charge >= 0.3 is 6.01 Å². The van der Waals surface area contributed by atoms with E-state index in [1.807, 2.05) is 30.3 Å². The molecule has 0 fully saturated rings. The summed E-state index contributed by atoms with van der Waals surface area (Å²) in [5.41, 5.74) is 0. The SMILES string of the molecule is CCCNCc1nnc(NCCCOc2ccccc2)o1. The van der Waals surface area contributed by atoms with Gasteiger partial charge in [0.2, 0.25) is 5.89 Å². The Hall–Kier alpha value is -2.08. The number of para-hydroxylation sites is 1. The second-order valence-electron chi connectivity index (χ2n) is 4.62. The number of hydrogen-bond donors (Lipinski definition) is 2. The Balaban J connectivity index is 1.58. The summed E-state index contributed by atoms with van der Waals surface area (Å²) in [5, 5.41) is 14.2. The molecule has 1 aromatic heterocycles. The van der Waals surface area contributed by atoms with E-state index in [1.54, 1.807) is 0 Å². The predicted molar refractivity (Wildman–Crippen MR) is 81.3 cm³/mol. The summed E-state index contributed by atoms with van der Waals surface area (Å²) >= 11 is 0. The van der Waals surface area contributed by atoms with Crippen molar-refractivity contribution in [2.75, 3.05) is 25.0 Å². The molecule has 0 saturated carbocycles. The van der Waals surface area contributed by atoms with E-state index in [4.69, 9.17) is 9.15 Å². The Morgan fingerprint density at radius 2 is 2.00 bits per heavy atom. The number of aromatic nitrogens is 2. The van der Waals surface area contributed by atoms with E-state index >= 15 is 0 Å². The van der Waals surface area contributed by atoms with Gasteiger partial charge in [-0.3, -0.25) is 0 Å². The highest BCUT2D eigenvalue weighted by Gasteiger charge is 2.04. The van der Waals surface area contributed by atoms with Gasteiger partial charge in [0, 0.05) is 6.54 Å². The van der Waals surface area contributed by atoms with E-state index in [1.165, 1.54) is 0 Å². The Morgan fingerprint density at radius 1 is 1.14 bits per heavy atom. The van der Waals surface area contributed by atoms with Crippen molar-refractivity contribution in [3.05, 3.63) is 36.2 Å². The molecule has 2 rings (SSSR count). The summed E-state index contributed by atoms with van der Waals surface area (Å²) in [6.45, 7) is 5.06. The van der Waals surface area contributed by atoms with Crippen molar-refractivity contribution in [1.29, 1.82) is 0 Å². The van der Waals surface area contributed by atoms with Crippen LogP contribution in [0.2, 0.25) is 0 Å². The molecular weight excluding hydrogens is 268 g/mol. The molecule has 0 saturated heterocycles. The lowest BCUT2D eigenvalue weighted by atomic mass is 10.3. The third kappa shape index (κ3) is 5.83. The van der Waals surface area contributed by atoms with Gasteiger partial charge in [-0.05, 0) is 31.5 Å². The lowest BCUT2D eigenvalue weighted by Crippen LogP contribution is -2.13. The lowest BCUT2D eigenvalue weighted by molar-refractivity contribution is 0.314. The second-order valence-corrected chi connectivity index (χ2v) is 4.62. The third-order valence-corrected chi connectivity index (χ3v) is 2.78. The van der Waals surface area contributed by atoms with E-state index < -0.39 is 0 Å². The molecule has 0 atom stereocenters. The normalized spacial score (nSPS) is 10.5. The van der Waals surface area contributed by atoms with Crippen molar-refractivity contribution in [1.82, 2.24) is 15.5 Å². The standard InChI is InChI=1S/C15H22N4O2/c1-2-9-16-12-14-18-19-15(21-14)17-10-6-11-20-13-7-4-3-5-8-13/h3-5,7-8,16H,2,6,9-12H2,1H3,(H,17,19). The smallest absolute Gasteiger partial charge is 0.315 e. The van der Waals surface area contributed by atoms with Crippen molar-refractivity contribution < 1.29 is 9.15 Å². The molecule has 0 aliphatic heterocycles. The minimum absolute atomic E-state index is 0.461. The number of nitrogens with one attached hydrogen (secondary N) is 2. The number of anilines is 1. The number of rotatable bonds is 10. The Morgan fingerprint density at radius 3 is 2.81 bits per heavy atom. The average molecular weight is 290 g/mol. The molecule has 0 aliphatic rings. The van der Waals surface area contributed by atoms with Crippen molar-refractivity contribution in [3.63, 3.8) is 0 Å². The Bertz CT molecular complexity index is 501. The van der Waals surface area contributed by atoms with Crippen LogP contribution in [0.4, 0.5) is 6.01 Å². The minimum Gasteiger partial charge on any atom is -0.494 e. The van der Waals surface area contributed by atoms with Gasteiger partial charge in [0.1, 0.15) is 5.75 Å². The maximum Gasteiger partial charge on any atom is 0.315 e. The molecule has 0 aliphatic carbocycles. The van der Waals surface area contributed by atoms with Gasteiger partial charge in [-0.15, -0.1) is 5.10 Å². The molecule has 0 spiro atoms. The minimum atomic E-state index is 0.461. The summed E-state index contributed by atoms with van der Waals surface area (Å²) in [6, 6.07) is 10.2. The first-order valence-electron chi connectivity index (χ1n) is 7.33. The molecule has 6 nitrogen and oxygen atoms in total. The highest BCUT2D eigenvalue weighted by atomic mass is 16.5. The van der Waals surface area contributed by atoms with Crippen molar-refractivity contribution in [3.8, 4) is 5.75 Å². The summed E-state index contributed by atoms with van der Waals surface area (Å²) in [5.74, 6) is 1.49. The van der Waals surface area contributed by atoms with E-state index in [-0.39, 0.29) is 0 Å². The predicted octanol–water partition coefficient (Wildman–Crippen LogP) is 2.45. The van der Waals surface area contributed by atoms with E-state index in [9.17, 15) is 0 Å². The number of hydrogen-bond acceptors (Lipinski definition) is 6. The van der Waals surface area contributed by atoms with E-state index in [2.05, 4.69) is 27.8 Å². The zero-order valence-electron chi connectivity index (χ0n) is 12.3. The Labute approximate surface area is 124 Å². The van der Waals surface area contributed by atoms with Crippen molar-refractivity contribution >= 4 is 6.01 Å². The summed E-state index contributed by atoms with van der Waals surface area (Å²) in [6.07, 6.45) is 1.95. The first-order chi connectivity index (χ1) is 10.4. The molecule has 0 amide bonds. The zero-order chi connectivity index (χ0) is 14.8. The fourth-order valence-electron chi connectivity index (χ4n) is 1.74. The highest BCUT2D eigenvalue weighted by molar-refractivity contribution is 5.21. The van der Waals surface area contributed by atoms with Gasteiger partial charge in [-0.2, -0.15) is 0 Å². The second kappa shape index (κ2) is 8.97.